The van der Waals surface area contributed by atoms with Crippen molar-refractivity contribution in [1.29, 1.82) is 0 Å². The largest absolute Gasteiger partial charge is 0.0622 e. The molecule has 10 rings (SSSR count). The molecule has 0 unspecified atom stereocenters. The van der Waals surface area contributed by atoms with Crippen LogP contribution in [0, 0.1) is 0 Å². The molecule has 1 aliphatic carbocycles. The smallest absolute Gasteiger partial charge is 0.0171 e. The van der Waals surface area contributed by atoms with E-state index in [0.717, 1.165) is 0 Å². The van der Waals surface area contributed by atoms with Gasteiger partial charge in [0, 0.05) is 5.41 Å². The van der Waals surface area contributed by atoms with E-state index in [1.807, 2.05) is 0 Å². The Balaban J connectivity index is 1.30. The maximum atomic E-state index is 2.44. The van der Waals surface area contributed by atoms with Crippen LogP contribution in [0.15, 0.2) is 170 Å². The second-order valence-corrected chi connectivity index (χ2v) is 14.0. The van der Waals surface area contributed by atoms with E-state index >= 15 is 0 Å². The van der Waals surface area contributed by atoms with E-state index in [4.69, 9.17) is 0 Å². The Bertz CT molecular complexity index is 2720. The minimum absolute atomic E-state index is 0.213. The second kappa shape index (κ2) is 10.5. The van der Waals surface area contributed by atoms with Crippen molar-refractivity contribution < 1.29 is 0 Å². The highest BCUT2D eigenvalue weighted by molar-refractivity contribution is 6.23. The highest BCUT2D eigenvalue weighted by atomic mass is 14.4. The Morgan fingerprint density at radius 2 is 0.694 bits per heavy atom. The van der Waals surface area contributed by atoms with Crippen LogP contribution in [0.1, 0.15) is 25.0 Å². The summed E-state index contributed by atoms with van der Waals surface area (Å²) in [5.74, 6) is 0. The van der Waals surface area contributed by atoms with E-state index in [1.54, 1.807) is 0 Å². The Hall–Kier alpha value is -5.98. The van der Waals surface area contributed by atoms with Crippen molar-refractivity contribution in [2.45, 2.75) is 19.3 Å². The number of hydrogen-bond donors (Lipinski definition) is 0. The van der Waals surface area contributed by atoms with Gasteiger partial charge in [-0.15, -0.1) is 0 Å². The van der Waals surface area contributed by atoms with Crippen LogP contribution in [-0.2, 0) is 5.41 Å². The molecule has 0 spiro atoms. The molecular weight excluding hydrogens is 589 g/mol. The average Bonchev–Trinajstić information content (AvgIpc) is 3.41. The van der Waals surface area contributed by atoms with E-state index in [9.17, 15) is 0 Å². The van der Waals surface area contributed by atoms with Crippen molar-refractivity contribution in [3.8, 4) is 44.5 Å². The fraction of sp³-hybridized carbons (Fsp3) is 0.0612. The van der Waals surface area contributed by atoms with Gasteiger partial charge in [0.25, 0.3) is 0 Å². The van der Waals surface area contributed by atoms with Crippen LogP contribution in [0.3, 0.4) is 0 Å². The van der Waals surface area contributed by atoms with Crippen molar-refractivity contribution in [3.63, 3.8) is 0 Å². The molecule has 0 radical (unpaired) electrons. The quantitative estimate of drug-likeness (QED) is 0.136. The molecule has 0 amide bonds. The van der Waals surface area contributed by atoms with Crippen LogP contribution in [0.25, 0.3) is 87.6 Å². The molecule has 0 saturated carbocycles. The summed E-state index contributed by atoms with van der Waals surface area (Å²) in [6.45, 7) is 4.88. The fourth-order valence-electron chi connectivity index (χ4n) is 9.05. The lowest BCUT2D eigenvalue weighted by Crippen LogP contribution is -2.17. The van der Waals surface area contributed by atoms with Crippen molar-refractivity contribution in [1.82, 2.24) is 0 Å². The lowest BCUT2D eigenvalue weighted by atomic mass is 9.75. The predicted octanol–water partition coefficient (Wildman–Crippen LogP) is 13.6. The number of fused-ring (bicyclic) bond motifs is 10. The van der Waals surface area contributed by atoms with Gasteiger partial charge in [0.15, 0.2) is 0 Å². The topological polar surface area (TPSA) is 0 Å². The van der Waals surface area contributed by atoms with Crippen LogP contribution in [0.5, 0.6) is 0 Å². The van der Waals surface area contributed by atoms with Gasteiger partial charge in [-0.3, -0.25) is 0 Å². The lowest BCUT2D eigenvalue weighted by Gasteiger charge is -2.27. The van der Waals surface area contributed by atoms with Gasteiger partial charge in [0.05, 0.1) is 0 Å². The number of hydrogen-bond acceptors (Lipinski definition) is 0. The van der Waals surface area contributed by atoms with E-state index in [1.165, 1.54) is 98.7 Å². The normalized spacial score (nSPS) is 13.3. The summed E-state index contributed by atoms with van der Waals surface area (Å²) in [5.41, 5.74) is 13.0. The molecule has 49 heavy (non-hydrogen) atoms. The van der Waals surface area contributed by atoms with Gasteiger partial charge in [0.2, 0.25) is 0 Å². The van der Waals surface area contributed by atoms with Crippen molar-refractivity contribution in [3.05, 3.63) is 181 Å². The fourth-order valence-corrected chi connectivity index (χ4v) is 9.05. The SMILES string of the molecule is CC1(C)c2c(-c3c4ccccc4c(-c4cccc(-c5ccccc5)c4)c4ccccc34)cccc2-c2c1c1ccccc1c1ccccc21. The number of benzene rings is 9. The van der Waals surface area contributed by atoms with Gasteiger partial charge >= 0.3 is 0 Å². The molecule has 0 heterocycles. The van der Waals surface area contributed by atoms with Gasteiger partial charge in [-0.1, -0.05) is 178 Å². The number of rotatable bonds is 3. The summed E-state index contributed by atoms with van der Waals surface area (Å²) in [7, 11) is 0. The first-order chi connectivity index (χ1) is 24.1. The molecule has 9 aromatic rings. The Morgan fingerprint density at radius 3 is 1.31 bits per heavy atom. The Labute approximate surface area is 286 Å². The lowest BCUT2D eigenvalue weighted by molar-refractivity contribution is 0.668. The molecular formula is C49H34. The molecule has 0 heteroatoms. The predicted molar refractivity (Wildman–Crippen MR) is 210 cm³/mol. The molecule has 0 saturated heterocycles. The summed E-state index contributed by atoms with van der Waals surface area (Å²) in [6.07, 6.45) is 0. The van der Waals surface area contributed by atoms with Crippen LogP contribution in [-0.4, -0.2) is 0 Å². The van der Waals surface area contributed by atoms with Crippen molar-refractivity contribution in [2.24, 2.45) is 0 Å². The zero-order valence-corrected chi connectivity index (χ0v) is 27.7. The second-order valence-electron chi connectivity index (χ2n) is 14.0. The standard InChI is InChI=1S/C49H34/c1-49(2)47-42(28-15-29-43(47)46-36-22-8-6-20-34(36)35-21-7-13-27-41(35)48(46)49)45-39-25-11-9-23-37(39)44(38-24-10-12-26-40(38)45)33-19-14-18-32(30-33)31-16-4-3-5-17-31/h3-30H,1-2H3. The average molecular weight is 623 g/mol. The van der Waals surface area contributed by atoms with Gasteiger partial charge in [-0.2, -0.15) is 0 Å². The van der Waals surface area contributed by atoms with Crippen LogP contribution in [0.4, 0.5) is 0 Å². The third-order valence-corrected chi connectivity index (χ3v) is 11.0. The van der Waals surface area contributed by atoms with E-state index in [0.29, 0.717) is 0 Å². The zero-order chi connectivity index (χ0) is 32.7. The van der Waals surface area contributed by atoms with E-state index < -0.39 is 0 Å². The molecule has 1 aliphatic rings. The van der Waals surface area contributed by atoms with Gasteiger partial charge < -0.3 is 0 Å². The summed E-state index contributed by atoms with van der Waals surface area (Å²) >= 11 is 0. The molecule has 230 valence electrons. The van der Waals surface area contributed by atoms with Crippen LogP contribution < -0.4 is 0 Å². The molecule has 0 fully saturated rings. The summed E-state index contributed by atoms with van der Waals surface area (Å²) in [6, 6.07) is 62.9. The Kier molecular flexibility index (Phi) is 6.02. The first kappa shape index (κ1) is 28.1. The van der Waals surface area contributed by atoms with Crippen molar-refractivity contribution in [2.75, 3.05) is 0 Å². The molecule has 0 atom stereocenters. The maximum absolute atomic E-state index is 2.44. The summed E-state index contributed by atoms with van der Waals surface area (Å²) in [5, 5.41) is 10.5. The maximum Gasteiger partial charge on any atom is 0.0171 e. The van der Waals surface area contributed by atoms with Gasteiger partial charge in [-0.05, 0) is 105 Å². The zero-order valence-electron chi connectivity index (χ0n) is 27.7. The third-order valence-electron chi connectivity index (χ3n) is 11.0. The highest BCUT2D eigenvalue weighted by Gasteiger charge is 2.40. The van der Waals surface area contributed by atoms with Gasteiger partial charge in [-0.25, -0.2) is 0 Å². The first-order valence-electron chi connectivity index (χ1n) is 17.3. The minimum Gasteiger partial charge on any atom is -0.0622 e. The molecule has 0 N–H and O–H groups in total. The van der Waals surface area contributed by atoms with E-state index in [2.05, 4.69) is 184 Å². The minimum atomic E-state index is -0.213. The summed E-state index contributed by atoms with van der Waals surface area (Å²) < 4.78 is 0. The molecule has 0 bridgehead atoms. The van der Waals surface area contributed by atoms with Crippen molar-refractivity contribution >= 4 is 43.1 Å². The van der Waals surface area contributed by atoms with E-state index in [-0.39, 0.29) is 5.41 Å². The molecule has 9 aromatic carbocycles. The van der Waals surface area contributed by atoms with Crippen LogP contribution in [0.2, 0.25) is 0 Å². The monoisotopic (exact) mass is 622 g/mol. The first-order valence-corrected chi connectivity index (χ1v) is 17.3. The molecule has 0 aromatic heterocycles. The third kappa shape index (κ3) is 3.98. The van der Waals surface area contributed by atoms with Gasteiger partial charge in [0.1, 0.15) is 0 Å². The molecule has 0 aliphatic heterocycles. The Morgan fingerprint density at radius 1 is 0.286 bits per heavy atom. The summed E-state index contributed by atoms with van der Waals surface area (Å²) in [4.78, 5) is 0. The van der Waals surface area contributed by atoms with Crippen LogP contribution >= 0.6 is 0 Å². The highest BCUT2D eigenvalue weighted by Crippen LogP contribution is 2.58. The molecule has 0 nitrogen and oxygen atoms in total.